The summed E-state index contributed by atoms with van der Waals surface area (Å²) >= 11 is 3.02. The lowest BCUT2D eigenvalue weighted by atomic mass is 10.3. The second kappa shape index (κ2) is 5.53. The molecule has 0 heterocycles. The van der Waals surface area contributed by atoms with Crippen molar-refractivity contribution in [3.8, 4) is 0 Å². The highest BCUT2D eigenvalue weighted by atomic mass is 79.9. The predicted octanol–water partition coefficient (Wildman–Crippen LogP) is 0.164. The largest absolute Gasteiger partial charge is 0.399 e. The summed E-state index contributed by atoms with van der Waals surface area (Å²) in [5, 5.41) is 0. The summed E-state index contributed by atoms with van der Waals surface area (Å²) in [6, 6.07) is 3.94. The SMILES string of the molecule is CCNS(=O)(=O)NS(=O)(=O)c1ccc(N)cc1Br. The van der Waals surface area contributed by atoms with E-state index >= 15 is 0 Å². The molecule has 0 fully saturated rings. The van der Waals surface area contributed by atoms with E-state index in [1.807, 2.05) is 4.72 Å². The summed E-state index contributed by atoms with van der Waals surface area (Å²) in [4.78, 5) is -0.210. The molecule has 0 spiro atoms. The fourth-order valence-corrected chi connectivity index (χ4v) is 4.87. The molecular weight excluding hydrogens is 346 g/mol. The Hall–Kier alpha value is -0.680. The van der Waals surface area contributed by atoms with Crippen LogP contribution in [0.4, 0.5) is 5.69 Å². The zero-order chi connectivity index (χ0) is 14.0. The van der Waals surface area contributed by atoms with E-state index in [0.29, 0.717) is 5.69 Å². The van der Waals surface area contributed by atoms with Crippen molar-refractivity contribution in [2.75, 3.05) is 12.3 Å². The van der Waals surface area contributed by atoms with Crippen LogP contribution < -0.4 is 14.6 Å². The summed E-state index contributed by atoms with van der Waals surface area (Å²) in [7, 11) is -8.29. The van der Waals surface area contributed by atoms with E-state index in [9.17, 15) is 16.8 Å². The number of anilines is 1. The molecular formula is C8H12BrN3O4S2. The number of nitrogen functional groups attached to an aromatic ring is 1. The van der Waals surface area contributed by atoms with Gasteiger partial charge in [-0.1, -0.05) is 11.1 Å². The monoisotopic (exact) mass is 357 g/mol. The molecule has 10 heteroatoms. The topological polar surface area (TPSA) is 118 Å². The van der Waals surface area contributed by atoms with Crippen molar-refractivity contribution in [2.24, 2.45) is 0 Å². The van der Waals surface area contributed by atoms with Gasteiger partial charge >= 0.3 is 0 Å². The minimum absolute atomic E-state index is 0.0771. The number of rotatable bonds is 5. The molecule has 18 heavy (non-hydrogen) atoms. The molecule has 1 aromatic carbocycles. The molecule has 1 aromatic rings. The second-order valence-electron chi connectivity index (χ2n) is 3.28. The van der Waals surface area contributed by atoms with Crippen LogP contribution in [0, 0.1) is 0 Å². The third-order valence-electron chi connectivity index (χ3n) is 1.80. The number of sulfonamides is 1. The van der Waals surface area contributed by atoms with Crippen molar-refractivity contribution in [2.45, 2.75) is 11.8 Å². The van der Waals surface area contributed by atoms with Crippen molar-refractivity contribution in [1.82, 2.24) is 8.85 Å². The second-order valence-corrected chi connectivity index (χ2v) is 7.54. The first-order valence-corrected chi connectivity index (χ1v) is 8.52. The van der Waals surface area contributed by atoms with Crippen molar-refractivity contribution in [3.05, 3.63) is 22.7 Å². The zero-order valence-electron chi connectivity index (χ0n) is 9.34. The van der Waals surface area contributed by atoms with Gasteiger partial charge in [0.2, 0.25) is 0 Å². The van der Waals surface area contributed by atoms with E-state index in [4.69, 9.17) is 5.73 Å². The molecule has 1 rings (SSSR count). The molecule has 0 radical (unpaired) electrons. The lowest BCUT2D eigenvalue weighted by Crippen LogP contribution is -2.40. The molecule has 0 amide bonds. The smallest absolute Gasteiger partial charge is 0.290 e. The Morgan fingerprint density at radius 3 is 2.39 bits per heavy atom. The first kappa shape index (κ1) is 15.4. The van der Waals surface area contributed by atoms with Gasteiger partial charge in [-0.15, -0.1) is 0 Å². The molecule has 0 bridgehead atoms. The normalized spacial score (nSPS) is 12.6. The standard InChI is InChI=1S/C8H12BrN3O4S2/c1-2-11-18(15,16)12-17(13,14)8-4-3-6(10)5-7(8)9/h3-5,11-12H,2,10H2,1H3. The quantitative estimate of drug-likeness (QED) is 0.648. The van der Waals surface area contributed by atoms with E-state index in [-0.39, 0.29) is 15.9 Å². The minimum atomic E-state index is -4.19. The Morgan fingerprint density at radius 2 is 1.89 bits per heavy atom. The number of halogens is 1. The third-order valence-corrected chi connectivity index (χ3v) is 6.08. The average Bonchev–Trinajstić information content (AvgIpc) is 2.14. The van der Waals surface area contributed by atoms with Crippen molar-refractivity contribution >= 4 is 41.8 Å². The molecule has 0 saturated heterocycles. The predicted molar refractivity (Wildman–Crippen MR) is 71.5 cm³/mol. The van der Waals surface area contributed by atoms with Crippen LogP contribution in [-0.4, -0.2) is 23.4 Å². The van der Waals surface area contributed by atoms with Crippen LogP contribution in [0.2, 0.25) is 0 Å². The van der Waals surface area contributed by atoms with Gasteiger partial charge in [0.15, 0.2) is 0 Å². The van der Waals surface area contributed by atoms with Crippen LogP contribution >= 0.6 is 15.9 Å². The van der Waals surface area contributed by atoms with E-state index < -0.39 is 20.2 Å². The van der Waals surface area contributed by atoms with Crippen LogP contribution in [0.1, 0.15) is 6.92 Å². The number of nitrogens with one attached hydrogen (secondary N) is 2. The first-order valence-electron chi connectivity index (χ1n) is 4.76. The fraction of sp³-hybridized carbons (Fsp3) is 0.250. The molecule has 0 saturated carbocycles. The molecule has 102 valence electrons. The highest BCUT2D eigenvalue weighted by Crippen LogP contribution is 2.24. The molecule has 0 aliphatic rings. The van der Waals surface area contributed by atoms with E-state index in [1.54, 1.807) is 4.13 Å². The van der Waals surface area contributed by atoms with Gasteiger partial charge in [-0.2, -0.15) is 8.42 Å². The van der Waals surface area contributed by atoms with Crippen molar-refractivity contribution in [1.29, 1.82) is 0 Å². The Morgan fingerprint density at radius 1 is 1.28 bits per heavy atom. The Bertz CT molecular complexity index is 642. The van der Waals surface area contributed by atoms with Gasteiger partial charge in [-0.25, -0.2) is 13.1 Å². The van der Waals surface area contributed by atoms with Gasteiger partial charge in [0.25, 0.3) is 20.2 Å². The van der Waals surface area contributed by atoms with Crippen LogP contribution in [0.25, 0.3) is 0 Å². The number of hydrogen-bond donors (Lipinski definition) is 3. The third kappa shape index (κ3) is 3.92. The van der Waals surface area contributed by atoms with Crippen molar-refractivity contribution < 1.29 is 16.8 Å². The summed E-state index contributed by atoms with van der Waals surface area (Å²) in [6.07, 6.45) is 0. The number of hydrogen-bond acceptors (Lipinski definition) is 5. The number of nitrogens with two attached hydrogens (primary N) is 1. The first-order chi connectivity index (χ1) is 8.18. The fourth-order valence-electron chi connectivity index (χ4n) is 1.14. The maximum atomic E-state index is 11.9. The molecule has 7 nitrogen and oxygen atoms in total. The Labute approximate surface area is 114 Å². The summed E-state index contributed by atoms with van der Waals surface area (Å²) in [5.74, 6) is 0. The van der Waals surface area contributed by atoms with Gasteiger partial charge < -0.3 is 5.73 Å². The minimum Gasteiger partial charge on any atom is -0.399 e. The highest BCUT2D eigenvalue weighted by molar-refractivity contribution is 9.10. The molecule has 0 aliphatic carbocycles. The molecule has 0 atom stereocenters. The van der Waals surface area contributed by atoms with E-state index in [1.165, 1.54) is 25.1 Å². The summed E-state index contributed by atoms with van der Waals surface area (Å²) < 4.78 is 50.2. The Kier molecular flexibility index (Phi) is 4.72. The van der Waals surface area contributed by atoms with E-state index in [2.05, 4.69) is 15.9 Å². The van der Waals surface area contributed by atoms with Gasteiger partial charge in [0.1, 0.15) is 0 Å². The molecule has 0 aromatic heterocycles. The lowest BCUT2D eigenvalue weighted by molar-refractivity contribution is 0.569. The van der Waals surface area contributed by atoms with Crippen LogP contribution in [-0.2, 0) is 20.2 Å². The summed E-state index contributed by atoms with van der Waals surface area (Å²) in [5.41, 5.74) is 5.83. The maximum Gasteiger partial charge on any atom is 0.290 e. The zero-order valence-corrected chi connectivity index (χ0v) is 12.6. The maximum absolute atomic E-state index is 11.9. The van der Waals surface area contributed by atoms with Crippen molar-refractivity contribution in [3.63, 3.8) is 0 Å². The number of benzene rings is 1. The summed E-state index contributed by atoms with van der Waals surface area (Å²) in [6.45, 7) is 1.61. The lowest BCUT2D eigenvalue weighted by Gasteiger charge is -2.09. The van der Waals surface area contributed by atoms with Crippen LogP contribution in [0.15, 0.2) is 27.6 Å². The molecule has 0 unspecified atom stereocenters. The van der Waals surface area contributed by atoms with Gasteiger partial charge in [-0.3, -0.25) is 0 Å². The molecule has 0 aliphatic heterocycles. The Balaban J connectivity index is 3.15. The van der Waals surface area contributed by atoms with Gasteiger partial charge in [-0.05, 0) is 34.1 Å². The van der Waals surface area contributed by atoms with E-state index in [0.717, 1.165) is 0 Å². The van der Waals surface area contributed by atoms with Crippen LogP contribution in [0.3, 0.4) is 0 Å². The molecule has 4 N–H and O–H groups in total. The van der Waals surface area contributed by atoms with Gasteiger partial charge in [0, 0.05) is 16.7 Å². The highest BCUT2D eigenvalue weighted by Gasteiger charge is 2.24. The average molecular weight is 358 g/mol. The van der Waals surface area contributed by atoms with Gasteiger partial charge in [0.05, 0.1) is 4.90 Å². The van der Waals surface area contributed by atoms with Crippen LogP contribution in [0.5, 0.6) is 0 Å².